The van der Waals surface area contributed by atoms with Crippen molar-refractivity contribution >= 4 is 5.91 Å². The van der Waals surface area contributed by atoms with Crippen LogP contribution in [0.2, 0.25) is 0 Å². The number of hydrogen-bond acceptors (Lipinski definition) is 3. The summed E-state index contributed by atoms with van der Waals surface area (Å²) in [6.07, 6.45) is 6.09. The maximum absolute atomic E-state index is 12.2. The molecule has 2 atom stereocenters. The van der Waals surface area contributed by atoms with Crippen LogP contribution in [0, 0.1) is 0 Å². The van der Waals surface area contributed by atoms with Crippen molar-refractivity contribution in [3.05, 3.63) is 18.0 Å². The topological polar surface area (TPSA) is 50.2 Å². The molecule has 1 aromatic rings. The molecule has 0 bridgehead atoms. The number of carbonyl (C=O) groups excluding carboxylic acids is 1. The van der Waals surface area contributed by atoms with Crippen molar-refractivity contribution in [1.29, 1.82) is 0 Å². The van der Waals surface area contributed by atoms with E-state index in [0.29, 0.717) is 0 Å². The first-order chi connectivity index (χ1) is 8.58. The largest absolute Gasteiger partial charge is 0.341 e. The van der Waals surface area contributed by atoms with E-state index in [1.54, 1.807) is 4.68 Å². The van der Waals surface area contributed by atoms with Gasteiger partial charge in [-0.2, -0.15) is 5.10 Å². The van der Waals surface area contributed by atoms with Crippen LogP contribution in [0.25, 0.3) is 0 Å². The molecule has 1 aromatic heterocycles. The lowest BCUT2D eigenvalue weighted by Crippen LogP contribution is -2.44. The minimum absolute atomic E-state index is 0.139. The Kier molecular flexibility index (Phi) is 4.01. The molecule has 0 radical (unpaired) electrons. The summed E-state index contributed by atoms with van der Waals surface area (Å²) in [6, 6.07) is -0.00133. The summed E-state index contributed by atoms with van der Waals surface area (Å²) in [7, 11) is 1.90. The van der Waals surface area contributed by atoms with E-state index in [9.17, 15) is 4.79 Å². The number of aromatic nitrogens is 2. The molecule has 5 heteroatoms. The number of nitrogens with zero attached hydrogens (tertiary/aromatic N) is 3. The molecule has 100 valence electrons. The first kappa shape index (κ1) is 13.1. The molecule has 1 N–H and O–H groups in total. The standard InChI is InChI=1S/C13H22N4O/c1-10(12-8-14-16(3)9-12)15-11(2)13(18)17-6-4-5-7-17/h8-11,15H,4-7H2,1-3H3. The van der Waals surface area contributed by atoms with Crippen LogP contribution in [0.3, 0.4) is 0 Å². The fourth-order valence-corrected chi connectivity index (χ4v) is 2.42. The zero-order valence-electron chi connectivity index (χ0n) is 11.4. The Hall–Kier alpha value is -1.36. The summed E-state index contributed by atoms with van der Waals surface area (Å²) < 4.78 is 1.78. The summed E-state index contributed by atoms with van der Waals surface area (Å²) in [5, 5.41) is 7.49. The summed E-state index contributed by atoms with van der Waals surface area (Å²) in [6.45, 7) is 5.82. The van der Waals surface area contributed by atoms with Crippen LogP contribution >= 0.6 is 0 Å². The third-order valence-electron chi connectivity index (χ3n) is 3.51. The molecule has 0 aromatic carbocycles. The Balaban J connectivity index is 1.90. The van der Waals surface area contributed by atoms with Crippen LogP contribution in [0.15, 0.2) is 12.4 Å². The predicted molar refractivity (Wildman–Crippen MR) is 70.0 cm³/mol. The Labute approximate surface area is 108 Å². The zero-order chi connectivity index (χ0) is 13.1. The molecule has 2 unspecified atom stereocenters. The summed E-state index contributed by atoms with van der Waals surface area (Å²) in [5.41, 5.74) is 1.11. The van der Waals surface area contributed by atoms with Crippen LogP contribution in [0.1, 0.15) is 38.3 Å². The van der Waals surface area contributed by atoms with Gasteiger partial charge in [-0.1, -0.05) is 0 Å². The third kappa shape index (κ3) is 2.90. The average molecular weight is 250 g/mol. The highest BCUT2D eigenvalue weighted by Gasteiger charge is 2.24. The molecule has 1 fully saturated rings. The minimum Gasteiger partial charge on any atom is -0.341 e. The van der Waals surface area contributed by atoms with Crippen LogP contribution in [-0.4, -0.2) is 39.7 Å². The molecule has 1 saturated heterocycles. The van der Waals surface area contributed by atoms with E-state index in [2.05, 4.69) is 17.3 Å². The Morgan fingerprint density at radius 3 is 2.61 bits per heavy atom. The van der Waals surface area contributed by atoms with Crippen LogP contribution in [0.5, 0.6) is 0 Å². The van der Waals surface area contributed by atoms with Crippen molar-refractivity contribution in [2.45, 2.75) is 38.8 Å². The van der Waals surface area contributed by atoms with E-state index in [0.717, 1.165) is 31.5 Å². The normalized spacial score (nSPS) is 18.9. The highest BCUT2D eigenvalue weighted by atomic mass is 16.2. The maximum atomic E-state index is 12.2. The van der Waals surface area contributed by atoms with Crippen molar-refractivity contribution in [1.82, 2.24) is 20.0 Å². The first-order valence-corrected chi connectivity index (χ1v) is 6.61. The maximum Gasteiger partial charge on any atom is 0.239 e. The van der Waals surface area contributed by atoms with Gasteiger partial charge in [0.05, 0.1) is 12.2 Å². The Morgan fingerprint density at radius 2 is 2.06 bits per heavy atom. The quantitative estimate of drug-likeness (QED) is 0.870. The molecule has 0 saturated carbocycles. The van der Waals surface area contributed by atoms with Gasteiger partial charge in [0.2, 0.25) is 5.91 Å². The molecule has 0 spiro atoms. The van der Waals surface area contributed by atoms with Crippen molar-refractivity contribution in [2.75, 3.05) is 13.1 Å². The lowest BCUT2D eigenvalue weighted by molar-refractivity contribution is -0.132. The van der Waals surface area contributed by atoms with Crippen LogP contribution in [-0.2, 0) is 11.8 Å². The van der Waals surface area contributed by atoms with E-state index >= 15 is 0 Å². The smallest absolute Gasteiger partial charge is 0.239 e. The third-order valence-corrected chi connectivity index (χ3v) is 3.51. The number of aryl methyl sites for hydroxylation is 1. The van der Waals surface area contributed by atoms with E-state index in [-0.39, 0.29) is 18.0 Å². The second-order valence-electron chi connectivity index (χ2n) is 5.09. The van der Waals surface area contributed by atoms with Gasteiger partial charge in [0, 0.05) is 37.9 Å². The van der Waals surface area contributed by atoms with E-state index in [1.807, 2.05) is 31.3 Å². The van der Waals surface area contributed by atoms with Crippen LogP contribution < -0.4 is 5.32 Å². The molecule has 1 aliphatic heterocycles. The molecular weight excluding hydrogens is 228 g/mol. The van der Waals surface area contributed by atoms with E-state index < -0.39 is 0 Å². The highest BCUT2D eigenvalue weighted by molar-refractivity contribution is 5.81. The SMILES string of the molecule is CC(NC(C)c1cnn(C)c1)C(=O)N1CCCC1. The fourth-order valence-electron chi connectivity index (χ4n) is 2.42. The second-order valence-corrected chi connectivity index (χ2v) is 5.09. The van der Waals surface area contributed by atoms with Gasteiger partial charge >= 0.3 is 0 Å². The molecule has 5 nitrogen and oxygen atoms in total. The van der Waals surface area contributed by atoms with Gasteiger partial charge in [-0.3, -0.25) is 14.8 Å². The monoisotopic (exact) mass is 250 g/mol. The Morgan fingerprint density at radius 1 is 1.39 bits per heavy atom. The molecule has 1 aliphatic rings. The molecule has 1 amide bonds. The first-order valence-electron chi connectivity index (χ1n) is 6.61. The molecular formula is C13H22N4O. The van der Waals surface area contributed by atoms with E-state index in [4.69, 9.17) is 0 Å². The minimum atomic E-state index is -0.140. The lowest BCUT2D eigenvalue weighted by atomic mass is 10.1. The number of amides is 1. The van der Waals surface area contributed by atoms with Gasteiger partial charge in [-0.25, -0.2) is 0 Å². The average Bonchev–Trinajstić information content (AvgIpc) is 2.98. The summed E-state index contributed by atoms with van der Waals surface area (Å²) in [4.78, 5) is 14.1. The highest BCUT2D eigenvalue weighted by Crippen LogP contribution is 2.14. The molecule has 18 heavy (non-hydrogen) atoms. The molecule has 2 rings (SSSR count). The lowest BCUT2D eigenvalue weighted by Gasteiger charge is -2.23. The van der Waals surface area contributed by atoms with Gasteiger partial charge in [0.25, 0.3) is 0 Å². The fraction of sp³-hybridized carbons (Fsp3) is 0.692. The Bertz CT molecular complexity index is 409. The van der Waals surface area contributed by atoms with E-state index in [1.165, 1.54) is 0 Å². The zero-order valence-corrected chi connectivity index (χ0v) is 11.4. The van der Waals surface area contributed by atoms with Gasteiger partial charge in [0.1, 0.15) is 0 Å². The van der Waals surface area contributed by atoms with Crippen molar-refractivity contribution in [3.8, 4) is 0 Å². The van der Waals surface area contributed by atoms with Crippen molar-refractivity contribution in [3.63, 3.8) is 0 Å². The summed E-state index contributed by atoms with van der Waals surface area (Å²) in [5.74, 6) is 0.211. The number of nitrogens with one attached hydrogen (secondary N) is 1. The summed E-state index contributed by atoms with van der Waals surface area (Å²) >= 11 is 0. The number of rotatable bonds is 4. The van der Waals surface area contributed by atoms with Gasteiger partial charge in [-0.05, 0) is 26.7 Å². The number of hydrogen-bond donors (Lipinski definition) is 1. The predicted octanol–water partition coefficient (Wildman–Crippen LogP) is 1.08. The number of likely N-dealkylation sites (tertiary alicyclic amines) is 1. The van der Waals surface area contributed by atoms with Gasteiger partial charge < -0.3 is 4.90 Å². The molecule has 2 heterocycles. The van der Waals surface area contributed by atoms with Crippen molar-refractivity contribution in [2.24, 2.45) is 7.05 Å². The molecule has 0 aliphatic carbocycles. The number of carbonyl (C=O) groups is 1. The van der Waals surface area contributed by atoms with Crippen molar-refractivity contribution < 1.29 is 4.79 Å². The second kappa shape index (κ2) is 5.52. The van der Waals surface area contributed by atoms with Gasteiger partial charge in [-0.15, -0.1) is 0 Å². The van der Waals surface area contributed by atoms with Crippen LogP contribution in [0.4, 0.5) is 0 Å². The van der Waals surface area contributed by atoms with Gasteiger partial charge in [0.15, 0.2) is 0 Å².